The minimum absolute atomic E-state index is 0.0435. The first-order chi connectivity index (χ1) is 9.15. The highest BCUT2D eigenvalue weighted by molar-refractivity contribution is 6.42. The van der Waals surface area contributed by atoms with Gasteiger partial charge in [-0.3, -0.25) is 4.79 Å². The van der Waals surface area contributed by atoms with E-state index in [9.17, 15) is 4.79 Å². The van der Waals surface area contributed by atoms with Crippen LogP contribution in [0.15, 0.2) is 24.3 Å². The average Bonchev–Trinajstić information content (AvgIpc) is 2.41. The highest BCUT2D eigenvalue weighted by Crippen LogP contribution is 2.23. The summed E-state index contributed by atoms with van der Waals surface area (Å²) >= 11 is 11.8. The molecule has 1 aromatic carbocycles. The SMILES string of the molecule is O=C(C=Cc1ccc(Cl)c(Cl)c1)NC1CCCCC1. The maximum absolute atomic E-state index is 11.8. The van der Waals surface area contributed by atoms with Crippen LogP contribution in [0.1, 0.15) is 37.7 Å². The van der Waals surface area contributed by atoms with E-state index in [0.717, 1.165) is 18.4 Å². The second kappa shape index (κ2) is 6.97. The zero-order chi connectivity index (χ0) is 13.7. The van der Waals surface area contributed by atoms with Crippen molar-refractivity contribution in [2.24, 2.45) is 0 Å². The molecular weight excluding hydrogens is 281 g/mol. The summed E-state index contributed by atoms with van der Waals surface area (Å²) < 4.78 is 0. The van der Waals surface area contributed by atoms with Gasteiger partial charge in [-0.2, -0.15) is 0 Å². The molecule has 0 heterocycles. The summed E-state index contributed by atoms with van der Waals surface area (Å²) in [5.74, 6) is -0.0435. The van der Waals surface area contributed by atoms with Crippen LogP contribution in [0.5, 0.6) is 0 Å². The molecule has 1 aliphatic carbocycles. The van der Waals surface area contributed by atoms with Gasteiger partial charge in [0.25, 0.3) is 0 Å². The second-order valence-electron chi connectivity index (χ2n) is 4.85. The Morgan fingerprint density at radius 1 is 1.16 bits per heavy atom. The fraction of sp³-hybridized carbons (Fsp3) is 0.400. The van der Waals surface area contributed by atoms with Crippen LogP contribution in [0, 0.1) is 0 Å². The molecular formula is C15H17Cl2NO. The van der Waals surface area contributed by atoms with Crippen LogP contribution in [0.2, 0.25) is 10.0 Å². The Balaban J connectivity index is 1.90. The topological polar surface area (TPSA) is 29.1 Å². The van der Waals surface area contributed by atoms with Crippen LogP contribution in [-0.4, -0.2) is 11.9 Å². The van der Waals surface area contributed by atoms with E-state index in [0.29, 0.717) is 16.1 Å². The van der Waals surface area contributed by atoms with Crippen LogP contribution < -0.4 is 5.32 Å². The monoisotopic (exact) mass is 297 g/mol. The molecule has 102 valence electrons. The summed E-state index contributed by atoms with van der Waals surface area (Å²) in [6.07, 6.45) is 9.18. The van der Waals surface area contributed by atoms with Crippen molar-refractivity contribution in [1.82, 2.24) is 5.32 Å². The van der Waals surface area contributed by atoms with Gasteiger partial charge in [-0.15, -0.1) is 0 Å². The Morgan fingerprint density at radius 3 is 2.58 bits per heavy atom. The number of carbonyl (C=O) groups excluding carboxylic acids is 1. The van der Waals surface area contributed by atoms with Crippen molar-refractivity contribution >= 4 is 35.2 Å². The van der Waals surface area contributed by atoms with E-state index >= 15 is 0 Å². The number of halogens is 2. The van der Waals surface area contributed by atoms with Crippen molar-refractivity contribution in [3.63, 3.8) is 0 Å². The number of amides is 1. The van der Waals surface area contributed by atoms with Gasteiger partial charge in [-0.05, 0) is 36.6 Å². The molecule has 0 saturated heterocycles. The van der Waals surface area contributed by atoms with E-state index in [1.807, 2.05) is 6.07 Å². The molecule has 4 heteroatoms. The van der Waals surface area contributed by atoms with E-state index in [4.69, 9.17) is 23.2 Å². The average molecular weight is 298 g/mol. The summed E-state index contributed by atoms with van der Waals surface area (Å²) in [5.41, 5.74) is 0.869. The Labute approximate surface area is 123 Å². The van der Waals surface area contributed by atoms with Gasteiger partial charge in [0.2, 0.25) is 5.91 Å². The molecule has 1 amide bonds. The van der Waals surface area contributed by atoms with Crippen molar-refractivity contribution in [3.05, 3.63) is 39.9 Å². The van der Waals surface area contributed by atoms with Gasteiger partial charge in [-0.25, -0.2) is 0 Å². The zero-order valence-corrected chi connectivity index (χ0v) is 12.2. The third kappa shape index (κ3) is 4.55. The lowest BCUT2D eigenvalue weighted by molar-refractivity contribution is -0.117. The Hall–Kier alpha value is -0.990. The lowest BCUT2D eigenvalue weighted by atomic mass is 9.95. The molecule has 0 bridgehead atoms. The number of rotatable bonds is 3. The van der Waals surface area contributed by atoms with Gasteiger partial charge in [0.05, 0.1) is 10.0 Å². The van der Waals surface area contributed by atoms with Crippen molar-refractivity contribution in [2.75, 3.05) is 0 Å². The fourth-order valence-electron chi connectivity index (χ4n) is 2.28. The zero-order valence-electron chi connectivity index (χ0n) is 10.7. The molecule has 2 rings (SSSR count). The maximum Gasteiger partial charge on any atom is 0.244 e. The van der Waals surface area contributed by atoms with Gasteiger partial charge in [0.15, 0.2) is 0 Å². The summed E-state index contributed by atoms with van der Waals surface area (Å²) in [4.78, 5) is 11.8. The summed E-state index contributed by atoms with van der Waals surface area (Å²) in [5, 5.41) is 4.05. The van der Waals surface area contributed by atoms with E-state index in [1.165, 1.54) is 19.3 Å². The quantitative estimate of drug-likeness (QED) is 0.820. The molecule has 0 aromatic heterocycles. The fourth-order valence-corrected chi connectivity index (χ4v) is 2.59. The van der Waals surface area contributed by atoms with E-state index in [2.05, 4.69) is 5.32 Å². The molecule has 0 atom stereocenters. The van der Waals surface area contributed by atoms with Gasteiger partial charge in [0, 0.05) is 12.1 Å². The lowest BCUT2D eigenvalue weighted by Gasteiger charge is -2.21. The Morgan fingerprint density at radius 2 is 1.89 bits per heavy atom. The molecule has 0 aliphatic heterocycles. The van der Waals surface area contributed by atoms with Crippen molar-refractivity contribution in [3.8, 4) is 0 Å². The number of hydrogen-bond donors (Lipinski definition) is 1. The first-order valence-corrected chi connectivity index (χ1v) is 7.34. The van der Waals surface area contributed by atoms with Crippen LogP contribution in [0.4, 0.5) is 0 Å². The predicted molar refractivity (Wildman–Crippen MR) is 80.5 cm³/mol. The van der Waals surface area contributed by atoms with Crippen LogP contribution >= 0.6 is 23.2 Å². The molecule has 0 radical (unpaired) electrons. The number of nitrogens with one attached hydrogen (secondary N) is 1. The summed E-state index contributed by atoms with van der Waals surface area (Å²) in [6.45, 7) is 0. The van der Waals surface area contributed by atoms with Crippen molar-refractivity contribution in [1.29, 1.82) is 0 Å². The number of hydrogen-bond acceptors (Lipinski definition) is 1. The molecule has 1 aliphatic rings. The van der Waals surface area contributed by atoms with Crippen LogP contribution in [0.25, 0.3) is 6.08 Å². The minimum atomic E-state index is -0.0435. The molecule has 19 heavy (non-hydrogen) atoms. The summed E-state index contributed by atoms with van der Waals surface area (Å²) in [6, 6.07) is 5.63. The largest absolute Gasteiger partial charge is 0.350 e. The molecule has 1 fully saturated rings. The Kier molecular flexibility index (Phi) is 5.29. The standard InChI is InChI=1S/C15H17Cl2NO/c16-13-8-6-11(10-14(13)17)7-9-15(19)18-12-4-2-1-3-5-12/h6-10,12H,1-5H2,(H,18,19). The van der Waals surface area contributed by atoms with Crippen molar-refractivity contribution < 1.29 is 4.79 Å². The molecule has 0 unspecified atom stereocenters. The van der Waals surface area contributed by atoms with Crippen molar-refractivity contribution in [2.45, 2.75) is 38.1 Å². The highest BCUT2D eigenvalue weighted by Gasteiger charge is 2.14. The van der Waals surface area contributed by atoms with Gasteiger partial charge in [0.1, 0.15) is 0 Å². The molecule has 2 nitrogen and oxygen atoms in total. The maximum atomic E-state index is 11.8. The molecule has 0 spiro atoms. The predicted octanol–water partition coefficient (Wildman–Crippen LogP) is 4.46. The third-order valence-corrected chi connectivity index (χ3v) is 4.06. The minimum Gasteiger partial charge on any atom is -0.350 e. The van der Waals surface area contributed by atoms with E-state index in [-0.39, 0.29) is 5.91 Å². The van der Waals surface area contributed by atoms with E-state index in [1.54, 1.807) is 24.3 Å². The first-order valence-electron chi connectivity index (χ1n) is 6.59. The summed E-state index contributed by atoms with van der Waals surface area (Å²) in [7, 11) is 0. The van der Waals surface area contributed by atoms with Crippen LogP contribution in [-0.2, 0) is 4.79 Å². The number of carbonyl (C=O) groups is 1. The van der Waals surface area contributed by atoms with E-state index < -0.39 is 0 Å². The molecule has 1 N–H and O–H groups in total. The van der Waals surface area contributed by atoms with Crippen LogP contribution in [0.3, 0.4) is 0 Å². The smallest absolute Gasteiger partial charge is 0.244 e. The molecule has 1 aromatic rings. The van der Waals surface area contributed by atoms with Gasteiger partial charge in [-0.1, -0.05) is 48.5 Å². The highest BCUT2D eigenvalue weighted by atomic mass is 35.5. The Bertz CT molecular complexity index is 479. The normalized spacial score (nSPS) is 16.7. The third-order valence-electron chi connectivity index (χ3n) is 3.32. The van der Waals surface area contributed by atoms with Gasteiger partial charge >= 0.3 is 0 Å². The number of benzene rings is 1. The molecule has 1 saturated carbocycles. The lowest BCUT2D eigenvalue weighted by Crippen LogP contribution is -2.34. The van der Waals surface area contributed by atoms with Gasteiger partial charge < -0.3 is 5.32 Å². The second-order valence-corrected chi connectivity index (χ2v) is 5.66. The first kappa shape index (κ1) is 14.4.